The molecule has 3 aliphatic rings. The predicted octanol–water partition coefficient (Wildman–Crippen LogP) is 7.58. The summed E-state index contributed by atoms with van der Waals surface area (Å²) in [4.78, 5) is 13.6. The number of hydrogen-bond acceptors (Lipinski definition) is 3. The predicted molar refractivity (Wildman–Crippen MR) is 129 cm³/mol. The number of nitrogens with zero attached hydrogens (tertiary/aromatic N) is 1. The average Bonchev–Trinajstić information content (AvgIpc) is 3.08. The van der Waals surface area contributed by atoms with E-state index >= 15 is 0 Å². The van der Waals surface area contributed by atoms with Crippen molar-refractivity contribution in [3.8, 4) is 5.75 Å². The lowest BCUT2D eigenvalue weighted by Crippen LogP contribution is -2.41. The Hall–Kier alpha value is -2.84. The molecule has 200 valence electrons. The van der Waals surface area contributed by atoms with Crippen molar-refractivity contribution in [2.75, 3.05) is 0 Å². The Morgan fingerprint density at radius 1 is 1.00 bits per heavy atom. The molecule has 2 aromatic rings. The lowest BCUT2D eigenvalue weighted by molar-refractivity contribution is -0.185. The molecule has 2 aliphatic heterocycles. The van der Waals surface area contributed by atoms with Crippen LogP contribution in [0.5, 0.6) is 5.75 Å². The molecular formula is C28H30F5NO3. The molecule has 3 fully saturated rings. The lowest BCUT2D eigenvalue weighted by Gasteiger charge is -2.36. The van der Waals surface area contributed by atoms with E-state index in [-0.39, 0.29) is 55.0 Å². The normalized spacial score (nSPS) is 28.4. The smallest absolute Gasteiger partial charge is 0.391 e. The van der Waals surface area contributed by atoms with Crippen molar-refractivity contribution in [2.24, 2.45) is 11.8 Å². The standard InChI is InChI=1S/C28H30F5NO3/c29-26(30)25-23-9-1-16(11-12-34-20-5-6-21(34)15-18(14-20)27(35)36)13-17(23)2-10-24(25)37-22-7-3-19(4-8-22)28(31,32)33/h1-2,9-13,18-22,26H,3-8,14-15H2,(H,35,36). The Morgan fingerprint density at radius 2 is 1.68 bits per heavy atom. The summed E-state index contributed by atoms with van der Waals surface area (Å²) in [5, 5.41) is 10.3. The molecule has 5 rings (SSSR count). The zero-order valence-corrected chi connectivity index (χ0v) is 20.3. The van der Waals surface area contributed by atoms with E-state index in [4.69, 9.17) is 4.74 Å². The van der Waals surface area contributed by atoms with E-state index in [0.717, 1.165) is 18.4 Å². The van der Waals surface area contributed by atoms with E-state index in [1.807, 2.05) is 18.3 Å². The number of carboxylic acids is 1. The second kappa shape index (κ2) is 10.1. The van der Waals surface area contributed by atoms with Crippen molar-refractivity contribution in [3.05, 3.63) is 47.7 Å². The third kappa shape index (κ3) is 5.41. The molecule has 2 atom stereocenters. The van der Waals surface area contributed by atoms with Crippen LogP contribution in [0.1, 0.15) is 68.9 Å². The van der Waals surface area contributed by atoms with E-state index in [1.54, 1.807) is 18.2 Å². The molecular weight excluding hydrogens is 493 g/mol. The third-order valence-corrected chi connectivity index (χ3v) is 8.27. The van der Waals surface area contributed by atoms with Gasteiger partial charge in [-0.15, -0.1) is 0 Å². The van der Waals surface area contributed by atoms with Crippen molar-refractivity contribution in [1.82, 2.24) is 4.90 Å². The van der Waals surface area contributed by atoms with Crippen molar-refractivity contribution in [1.29, 1.82) is 0 Å². The Labute approximate surface area is 212 Å². The molecule has 9 heteroatoms. The summed E-state index contributed by atoms with van der Waals surface area (Å²) < 4.78 is 72.9. The number of rotatable bonds is 6. The van der Waals surface area contributed by atoms with Crippen molar-refractivity contribution >= 4 is 22.8 Å². The summed E-state index contributed by atoms with van der Waals surface area (Å²) in [7, 11) is 0. The number of fused-ring (bicyclic) bond motifs is 3. The summed E-state index contributed by atoms with van der Waals surface area (Å²) >= 11 is 0. The number of halogens is 5. The number of carboxylic acid groups (broad SMARTS) is 1. The Bertz CT molecular complexity index is 1160. The molecule has 4 nitrogen and oxygen atoms in total. The van der Waals surface area contributed by atoms with Crippen LogP contribution in [0, 0.1) is 11.8 Å². The number of benzene rings is 2. The van der Waals surface area contributed by atoms with Crippen LogP contribution in [0.25, 0.3) is 16.8 Å². The fourth-order valence-electron chi connectivity index (χ4n) is 6.30. The summed E-state index contributed by atoms with van der Waals surface area (Å²) in [6, 6.07) is 8.81. The largest absolute Gasteiger partial charge is 0.490 e. The Kier molecular flexibility index (Phi) is 7.07. The van der Waals surface area contributed by atoms with E-state index < -0.39 is 30.6 Å². The van der Waals surface area contributed by atoms with Gasteiger partial charge in [-0.3, -0.25) is 4.79 Å². The summed E-state index contributed by atoms with van der Waals surface area (Å²) in [6.45, 7) is 0. The van der Waals surface area contributed by atoms with Crippen LogP contribution >= 0.6 is 0 Å². The van der Waals surface area contributed by atoms with Gasteiger partial charge in [0.05, 0.1) is 23.5 Å². The minimum Gasteiger partial charge on any atom is -0.490 e. The zero-order chi connectivity index (χ0) is 26.3. The summed E-state index contributed by atoms with van der Waals surface area (Å²) in [5.74, 6) is -2.36. The average molecular weight is 524 g/mol. The molecule has 1 aliphatic carbocycles. The van der Waals surface area contributed by atoms with Gasteiger partial charge in [0, 0.05) is 18.3 Å². The van der Waals surface area contributed by atoms with Crippen LogP contribution < -0.4 is 4.74 Å². The third-order valence-electron chi connectivity index (χ3n) is 8.27. The Morgan fingerprint density at radius 3 is 2.27 bits per heavy atom. The molecule has 0 radical (unpaired) electrons. The van der Waals surface area contributed by atoms with Crippen molar-refractivity contribution in [3.63, 3.8) is 0 Å². The first-order valence-corrected chi connectivity index (χ1v) is 12.9. The fraction of sp³-hybridized carbons (Fsp3) is 0.536. The van der Waals surface area contributed by atoms with Gasteiger partial charge in [-0.1, -0.05) is 18.2 Å². The topological polar surface area (TPSA) is 49.8 Å². The van der Waals surface area contributed by atoms with Gasteiger partial charge in [0.15, 0.2) is 0 Å². The molecule has 2 saturated heterocycles. The number of piperidine rings is 1. The highest BCUT2D eigenvalue weighted by molar-refractivity contribution is 5.89. The van der Waals surface area contributed by atoms with Gasteiger partial charge in [0.2, 0.25) is 0 Å². The van der Waals surface area contributed by atoms with Crippen molar-refractivity contribution in [2.45, 2.75) is 82.2 Å². The maximum atomic E-state index is 14.1. The maximum Gasteiger partial charge on any atom is 0.391 e. The number of carbonyl (C=O) groups is 1. The second-order valence-electron chi connectivity index (χ2n) is 10.5. The lowest BCUT2D eigenvalue weighted by atomic mass is 9.87. The highest BCUT2D eigenvalue weighted by Gasteiger charge is 2.42. The minimum atomic E-state index is -4.23. The monoisotopic (exact) mass is 523 g/mol. The number of alkyl halides is 5. The molecule has 0 amide bonds. The van der Waals surface area contributed by atoms with E-state index in [0.29, 0.717) is 23.6 Å². The van der Waals surface area contributed by atoms with Crippen LogP contribution in [-0.2, 0) is 4.79 Å². The van der Waals surface area contributed by atoms with Crippen molar-refractivity contribution < 1.29 is 36.6 Å². The van der Waals surface area contributed by atoms with Gasteiger partial charge in [-0.05, 0) is 85.9 Å². The summed E-state index contributed by atoms with van der Waals surface area (Å²) in [6.07, 6.45) is -0.184. The SMILES string of the molecule is O=C(O)C1CC2CCC(C1)N2C=Cc1ccc2c(C(F)F)c(OC3CCC(C(F)(F)F)CC3)ccc2c1. The zero-order valence-electron chi connectivity index (χ0n) is 20.3. The highest BCUT2D eigenvalue weighted by Crippen LogP contribution is 2.42. The van der Waals surface area contributed by atoms with Gasteiger partial charge in [0.1, 0.15) is 5.75 Å². The maximum absolute atomic E-state index is 14.1. The van der Waals surface area contributed by atoms with Crippen LogP contribution in [-0.4, -0.2) is 40.3 Å². The van der Waals surface area contributed by atoms with Crippen LogP contribution in [0.2, 0.25) is 0 Å². The summed E-state index contributed by atoms with van der Waals surface area (Å²) in [5.41, 5.74) is 0.603. The van der Waals surface area contributed by atoms with Gasteiger partial charge in [-0.2, -0.15) is 13.2 Å². The molecule has 2 aromatic carbocycles. The fourth-order valence-corrected chi connectivity index (χ4v) is 6.30. The van der Waals surface area contributed by atoms with Gasteiger partial charge in [0.25, 0.3) is 6.43 Å². The quantitative estimate of drug-likeness (QED) is 0.397. The molecule has 0 spiro atoms. The highest BCUT2D eigenvalue weighted by atomic mass is 19.4. The van der Waals surface area contributed by atoms with E-state index in [1.165, 1.54) is 6.07 Å². The molecule has 2 unspecified atom stereocenters. The van der Waals surface area contributed by atoms with Crippen LogP contribution in [0.4, 0.5) is 22.0 Å². The molecule has 1 N–H and O–H groups in total. The molecule has 37 heavy (non-hydrogen) atoms. The molecule has 0 aromatic heterocycles. The first-order chi connectivity index (χ1) is 17.6. The first-order valence-electron chi connectivity index (χ1n) is 12.9. The first kappa shape index (κ1) is 25.8. The van der Waals surface area contributed by atoms with E-state index in [9.17, 15) is 31.9 Å². The Balaban J connectivity index is 1.31. The molecule has 2 bridgehead atoms. The molecule has 1 saturated carbocycles. The number of ether oxygens (including phenoxy) is 1. The van der Waals surface area contributed by atoms with Gasteiger partial charge in [-0.25, -0.2) is 8.78 Å². The number of aliphatic carboxylic acids is 1. The molecule has 2 heterocycles. The minimum absolute atomic E-state index is 0.0270. The van der Waals surface area contributed by atoms with Crippen LogP contribution in [0.15, 0.2) is 36.5 Å². The number of hydrogen-bond donors (Lipinski definition) is 1. The van der Waals surface area contributed by atoms with Crippen LogP contribution in [0.3, 0.4) is 0 Å². The van der Waals surface area contributed by atoms with Gasteiger partial charge < -0.3 is 14.7 Å². The van der Waals surface area contributed by atoms with Gasteiger partial charge >= 0.3 is 12.1 Å². The second-order valence-corrected chi connectivity index (χ2v) is 10.5. The van der Waals surface area contributed by atoms with E-state index in [2.05, 4.69) is 4.90 Å².